The Morgan fingerprint density at radius 3 is 2.45 bits per heavy atom. The van der Waals surface area contributed by atoms with Gasteiger partial charge in [0.1, 0.15) is 6.04 Å². The molecule has 164 valence electrons. The maximum absolute atomic E-state index is 12.9. The number of hydrogen-bond donors (Lipinski definition) is 1. The van der Waals surface area contributed by atoms with E-state index in [0.717, 1.165) is 10.1 Å². The molecule has 2 aromatic heterocycles. The van der Waals surface area contributed by atoms with Crippen LogP contribution in [-0.2, 0) is 27.8 Å². The van der Waals surface area contributed by atoms with Crippen molar-refractivity contribution in [2.45, 2.75) is 38.8 Å². The van der Waals surface area contributed by atoms with E-state index in [-0.39, 0.29) is 0 Å². The maximum Gasteiger partial charge on any atom is 0.335 e. The number of ether oxygens (including phenoxy) is 1. The van der Waals surface area contributed by atoms with Crippen LogP contribution in [0.3, 0.4) is 0 Å². The molecule has 2 heterocycles. The molecule has 1 N–H and O–H groups in total. The molecule has 0 radical (unpaired) electrons. The van der Waals surface area contributed by atoms with Crippen LogP contribution >= 0.6 is 0 Å². The Balaban J connectivity index is 1.92. The predicted molar refractivity (Wildman–Crippen MR) is 116 cm³/mol. The number of carbonyl (C=O) groups is 1. The molecule has 31 heavy (non-hydrogen) atoms. The van der Waals surface area contributed by atoms with Crippen molar-refractivity contribution < 1.29 is 14.4 Å². The van der Waals surface area contributed by atoms with E-state index in [1.54, 1.807) is 37.4 Å². The Hall–Kier alpha value is -3.30. The predicted octanol–water partition coefficient (Wildman–Crippen LogP) is 1.49. The molecule has 0 saturated carbocycles. The Bertz CT molecular complexity index is 1210. The Kier molecular flexibility index (Phi) is 6.37. The normalized spacial score (nSPS) is 12.7. The molecule has 0 aliphatic carbocycles. The number of pyridine rings is 1. The largest absolute Gasteiger partial charge is 0.468 e. The number of fused-ring (bicyclic) bond motifs is 1. The number of methoxy groups -OCH3 is 1. The number of hydrogen-bond acceptors (Lipinski definition) is 7. The van der Waals surface area contributed by atoms with Gasteiger partial charge in [-0.15, -0.1) is 0 Å². The van der Waals surface area contributed by atoms with Gasteiger partial charge in [0.15, 0.2) is 0 Å². The van der Waals surface area contributed by atoms with Crippen molar-refractivity contribution in [2.24, 2.45) is 7.05 Å². The van der Waals surface area contributed by atoms with Gasteiger partial charge in [-0.25, -0.2) is 9.36 Å². The quantitative estimate of drug-likeness (QED) is 0.470. The average Bonchev–Trinajstić information content (AvgIpc) is 2.75. The van der Waals surface area contributed by atoms with Crippen LogP contribution in [0.4, 0.5) is 0 Å². The summed E-state index contributed by atoms with van der Waals surface area (Å²) in [5.74, 6) is -0.457. The van der Waals surface area contributed by atoms with E-state index in [0.29, 0.717) is 23.0 Å². The second-order valence-electron chi connectivity index (χ2n) is 8.15. The molecule has 9 heteroatoms. The first kappa shape index (κ1) is 22.4. The molecule has 0 unspecified atom stereocenters. The van der Waals surface area contributed by atoms with Crippen molar-refractivity contribution in [1.82, 2.24) is 19.6 Å². The smallest absolute Gasteiger partial charge is 0.335 e. The molecule has 3 rings (SSSR count). The van der Waals surface area contributed by atoms with E-state index in [2.05, 4.69) is 10.5 Å². The molecule has 1 atom stereocenters. The average molecular weight is 426 g/mol. The first-order valence-corrected chi connectivity index (χ1v) is 9.79. The molecule has 0 aliphatic heterocycles. The second-order valence-corrected chi connectivity index (χ2v) is 8.15. The van der Waals surface area contributed by atoms with Crippen molar-refractivity contribution >= 4 is 16.9 Å². The van der Waals surface area contributed by atoms with Gasteiger partial charge in [0.2, 0.25) is 0 Å². The summed E-state index contributed by atoms with van der Waals surface area (Å²) < 4.78 is 7.36. The lowest BCUT2D eigenvalue weighted by molar-refractivity contribution is -0.153. The van der Waals surface area contributed by atoms with E-state index in [9.17, 15) is 14.4 Å². The molecule has 1 aromatic carbocycles. The number of rotatable bonds is 6. The second kappa shape index (κ2) is 8.83. The highest BCUT2D eigenvalue weighted by molar-refractivity contribution is 5.77. The van der Waals surface area contributed by atoms with E-state index >= 15 is 0 Å². The fourth-order valence-electron chi connectivity index (χ4n) is 3.10. The number of nitrogens with zero attached hydrogens (tertiary/aromatic N) is 3. The number of aromatic nitrogens is 3. The molecule has 0 bridgehead atoms. The zero-order valence-electron chi connectivity index (χ0n) is 18.2. The molecule has 9 nitrogen and oxygen atoms in total. The molecule has 0 saturated heterocycles. The van der Waals surface area contributed by atoms with Crippen LogP contribution < -0.4 is 16.7 Å². The fourth-order valence-corrected chi connectivity index (χ4v) is 3.10. The summed E-state index contributed by atoms with van der Waals surface area (Å²) in [6, 6.07) is 7.73. The first-order valence-electron chi connectivity index (χ1n) is 9.79. The van der Waals surface area contributed by atoms with E-state index in [1.165, 1.54) is 24.1 Å². The van der Waals surface area contributed by atoms with Crippen LogP contribution in [0.1, 0.15) is 26.3 Å². The van der Waals surface area contributed by atoms with Crippen molar-refractivity contribution in [2.75, 3.05) is 7.11 Å². The van der Waals surface area contributed by atoms with Crippen LogP contribution in [0.25, 0.3) is 16.6 Å². The Labute approximate surface area is 179 Å². The van der Waals surface area contributed by atoms with Crippen LogP contribution in [0.15, 0.2) is 52.3 Å². The molecule has 0 fully saturated rings. The molecule has 0 aliphatic rings. The number of nitrogens with one attached hydrogen (secondary N) is 1. The number of carbonyl (C=O) groups excluding carboxylic acids is 1. The summed E-state index contributed by atoms with van der Waals surface area (Å²) in [5, 5.41) is 0.399. The molecule has 0 amide bonds. The van der Waals surface area contributed by atoms with Crippen LogP contribution in [0.5, 0.6) is 0 Å². The maximum atomic E-state index is 12.9. The SMILES string of the molecule is COC(=O)[C@H](Cc1ccc(-n2c(=O)c3ccncc3n(C)c2=O)cc1)NOC(C)(C)C. The molecular formula is C22H26N4O5. The third-order valence-corrected chi connectivity index (χ3v) is 4.70. The van der Waals surface area contributed by atoms with Crippen LogP contribution in [0, 0.1) is 0 Å². The highest BCUT2D eigenvalue weighted by Gasteiger charge is 2.23. The number of aryl methyl sites for hydroxylation is 1. The zero-order chi connectivity index (χ0) is 22.8. The van der Waals surface area contributed by atoms with Gasteiger partial charge in [0, 0.05) is 19.7 Å². The van der Waals surface area contributed by atoms with Crippen molar-refractivity contribution in [1.29, 1.82) is 0 Å². The molecule has 3 aromatic rings. The van der Waals surface area contributed by atoms with Gasteiger partial charge >= 0.3 is 11.7 Å². The van der Waals surface area contributed by atoms with Crippen LogP contribution in [0.2, 0.25) is 0 Å². The van der Waals surface area contributed by atoms with Crippen molar-refractivity contribution in [3.05, 3.63) is 69.1 Å². The van der Waals surface area contributed by atoms with Gasteiger partial charge < -0.3 is 4.74 Å². The molecular weight excluding hydrogens is 400 g/mol. The summed E-state index contributed by atoms with van der Waals surface area (Å²) >= 11 is 0. The Morgan fingerprint density at radius 2 is 1.84 bits per heavy atom. The highest BCUT2D eigenvalue weighted by atomic mass is 16.7. The van der Waals surface area contributed by atoms with E-state index in [1.807, 2.05) is 20.8 Å². The lowest BCUT2D eigenvalue weighted by atomic mass is 10.1. The van der Waals surface area contributed by atoms with Gasteiger partial charge in [-0.1, -0.05) is 12.1 Å². The van der Waals surface area contributed by atoms with Crippen molar-refractivity contribution in [3.8, 4) is 5.69 Å². The van der Waals surface area contributed by atoms with Crippen molar-refractivity contribution in [3.63, 3.8) is 0 Å². The lowest BCUT2D eigenvalue weighted by Crippen LogP contribution is -2.43. The minimum Gasteiger partial charge on any atom is -0.468 e. The summed E-state index contributed by atoms with van der Waals surface area (Å²) in [6.45, 7) is 5.59. The fraction of sp³-hybridized carbons (Fsp3) is 0.364. The zero-order valence-corrected chi connectivity index (χ0v) is 18.2. The van der Waals surface area contributed by atoms with Gasteiger partial charge in [-0.2, -0.15) is 5.48 Å². The van der Waals surface area contributed by atoms with Gasteiger partial charge in [0.05, 0.1) is 35.5 Å². The Morgan fingerprint density at radius 1 is 1.16 bits per heavy atom. The highest BCUT2D eigenvalue weighted by Crippen LogP contribution is 2.13. The third-order valence-electron chi connectivity index (χ3n) is 4.70. The molecule has 0 spiro atoms. The van der Waals surface area contributed by atoms with Gasteiger partial charge in [-0.3, -0.25) is 24.0 Å². The number of benzene rings is 1. The summed E-state index contributed by atoms with van der Waals surface area (Å²) in [4.78, 5) is 47.3. The number of hydroxylamine groups is 1. The van der Waals surface area contributed by atoms with E-state index < -0.39 is 28.9 Å². The summed E-state index contributed by atoms with van der Waals surface area (Å²) in [7, 11) is 2.91. The van der Waals surface area contributed by atoms with Gasteiger partial charge in [0.25, 0.3) is 5.56 Å². The van der Waals surface area contributed by atoms with Gasteiger partial charge in [-0.05, 0) is 44.5 Å². The van der Waals surface area contributed by atoms with E-state index in [4.69, 9.17) is 9.57 Å². The van der Waals surface area contributed by atoms with Crippen LogP contribution in [-0.4, -0.2) is 38.8 Å². The third kappa shape index (κ3) is 4.89. The number of esters is 1. The summed E-state index contributed by atoms with van der Waals surface area (Å²) in [5.41, 5.74) is 3.10. The standard InChI is InChI=1S/C22H26N4O5/c1-22(2,3)31-24-17(20(28)30-5)12-14-6-8-15(9-7-14)26-19(27)16-10-11-23-13-18(16)25(4)21(26)29/h6-11,13,17,24H,12H2,1-5H3/t17-/m0/s1. The topological polar surface area (TPSA) is 104 Å². The summed E-state index contributed by atoms with van der Waals surface area (Å²) in [6.07, 6.45) is 3.31. The minimum absolute atomic E-state index is 0.305. The first-order chi connectivity index (χ1) is 14.6. The lowest BCUT2D eigenvalue weighted by Gasteiger charge is -2.24. The minimum atomic E-state index is -0.709. The monoisotopic (exact) mass is 426 g/mol.